The number of hydrogen-bond acceptors (Lipinski definition) is 2. The van der Waals surface area contributed by atoms with Crippen molar-refractivity contribution in [1.82, 2.24) is 5.32 Å². The Morgan fingerprint density at radius 2 is 1.70 bits per heavy atom. The van der Waals surface area contributed by atoms with E-state index >= 15 is 0 Å². The monoisotopic (exact) mass is 273 g/mol. The SMILES string of the molecule is CNC(c1cc(F)cc(F)c1)c1cc2ccccc2o1. The molecule has 4 heteroatoms. The third kappa shape index (κ3) is 2.30. The second-order valence-electron chi connectivity index (χ2n) is 4.61. The van der Waals surface area contributed by atoms with E-state index < -0.39 is 17.7 Å². The summed E-state index contributed by atoms with van der Waals surface area (Å²) in [6.07, 6.45) is 0. The Balaban J connectivity index is 2.08. The molecule has 1 atom stereocenters. The van der Waals surface area contributed by atoms with Crippen molar-refractivity contribution in [3.8, 4) is 0 Å². The molecule has 1 unspecified atom stereocenters. The van der Waals surface area contributed by atoms with Crippen LogP contribution in [-0.2, 0) is 0 Å². The molecule has 0 bridgehead atoms. The number of furan rings is 1. The zero-order valence-electron chi connectivity index (χ0n) is 10.9. The molecule has 2 aromatic carbocycles. The van der Waals surface area contributed by atoms with Crippen LogP contribution in [0.4, 0.5) is 8.78 Å². The number of nitrogens with one attached hydrogen (secondary N) is 1. The van der Waals surface area contributed by atoms with E-state index in [1.165, 1.54) is 12.1 Å². The van der Waals surface area contributed by atoms with Crippen molar-refractivity contribution >= 4 is 11.0 Å². The van der Waals surface area contributed by atoms with Gasteiger partial charge < -0.3 is 9.73 Å². The van der Waals surface area contributed by atoms with E-state index in [4.69, 9.17) is 4.42 Å². The van der Waals surface area contributed by atoms with Crippen LogP contribution in [0.25, 0.3) is 11.0 Å². The predicted octanol–water partition coefficient (Wildman–Crippen LogP) is 4.02. The van der Waals surface area contributed by atoms with E-state index in [0.29, 0.717) is 11.3 Å². The molecule has 1 N–H and O–H groups in total. The first-order valence-corrected chi connectivity index (χ1v) is 6.29. The highest BCUT2D eigenvalue weighted by atomic mass is 19.1. The smallest absolute Gasteiger partial charge is 0.134 e. The van der Waals surface area contributed by atoms with E-state index in [0.717, 1.165) is 17.0 Å². The summed E-state index contributed by atoms with van der Waals surface area (Å²) < 4.78 is 32.4. The summed E-state index contributed by atoms with van der Waals surface area (Å²) in [5, 5.41) is 3.98. The molecule has 0 amide bonds. The Hall–Kier alpha value is -2.20. The fraction of sp³-hybridized carbons (Fsp3) is 0.125. The minimum absolute atomic E-state index is 0.396. The fourth-order valence-electron chi connectivity index (χ4n) is 2.36. The molecule has 1 aromatic heterocycles. The van der Waals surface area contributed by atoms with Crippen LogP contribution in [0.5, 0.6) is 0 Å². The van der Waals surface area contributed by atoms with Crippen LogP contribution in [0.1, 0.15) is 17.4 Å². The Bertz CT molecular complexity index is 698. The number of rotatable bonds is 3. The molecule has 0 aliphatic rings. The van der Waals surface area contributed by atoms with Crippen LogP contribution in [0.2, 0.25) is 0 Å². The van der Waals surface area contributed by atoms with Crippen LogP contribution in [0.3, 0.4) is 0 Å². The summed E-state index contributed by atoms with van der Waals surface area (Å²) >= 11 is 0. The molecule has 2 nitrogen and oxygen atoms in total. The van der Waals surface area contributed by atoms with Crippen molar-refractivity contribution in [2.24, 2.45) is 0 Å². The second-order valence-corrected chi connectivity index (χ2v) is 4.61. The zero-order chi connectivity index (χ0) is 14.1. The minimum Gasteiger partial charge on any atom is -0.459 e. The molecule has 20 heavy (non-hydrogen) atoms. The van der Waals surface area contributed by atoms with Crippen LogP contribution in [0.15, 0.2) is 52.9 Å². The summed E-state index contributed by atoms with van der Waals surface area (Å²) in [7, 11) is 1.72. The molecular formula is C16H13F2NO. The van der Waals surface area contributed by atoms with Crippen molar-refractivity contribution in [2.75, 3.05) is 7.05 Å². The maximum absolute atomic E-state index is 13.3. The lowest BCUT2D eigenvalue weighted by molar-refractivity contribution is 0.487. The highest BCUT2D eigenvalue weighted by Crippen LogP contribution is 2.28. The number of fused-ring (bicyclic) bond motifs is 1. The predicted molar refractivity (Wildman–Crippen MR) is 73.5 cm³/mol. The Labute approximate surface area is 115 Å². The van der Waals surface area contributed by atoms with Crippen molar-refractivity contribution in [3.63, 3.8) is 0 Å². The van der Waals surface area contributed by atoms with Crippen molar-refractivity contribution < 1.29 is 13.2 Å². The summed E-state index contributed by atoms with van der Waals surface area (Å²) in [5.41, 5.74) is 1.24. The average molecular weight is 273 g/mol. The highest BCUT2D eigenvalue weighted by Gasteiger charge is 2.18. The van der Waals surface area contributed by atoms with Crippen LogP contribution < -0.4 is 5.32 Å². The van der Waals surface area contributed by atoms with Gasteiger partial charge in [0.15, 0.2) is 0 Å². The van der Waals surface area contributed by atoms with Crippen LogP contribution in [0, 0.1) is 11.6 Å². The van der Waals surface area contributed by atoms with E-state index in [2.05, 4.69) is 5.32 Å². The molecule has 0 aliphatic heterocycles. The van der Waals surface area contributed by atoms with Crippen molar-refractivity contribution in [1.29, 1.82) is 0 Å². The molecule has 0 aliphatic carbocycles. The molecule has 0 saturated heterocycles. The third-order valence-electron chi connectivity index (χ3n) is 3.24. The minimum atomic E-state index is -0.601. The lowest BCUT2D eigenvalue weighted by atomic mass is 10.0. The van der Waals surface area contributed by atoms with Gasteiger partial charge in [-0.15, -0.1) is 0 Å². The molecule has 0 fully saturated rings. The Kier molecular flexibility index (Phi) is 3.24. The summed E-state index contributed by atoms with van der Waals surface area (Å²) in [5.74, 6) is -0.577. The normalized spacial score (nSPS) is 12.8. The number of para-hydroxylation sites is 1. The summed E-state index contributed by atoms with van der Waals surface area (Å²) in [6.45, 7) is 0. The lowest BCUT2D eigenvalue weighted by Gasteiger charge is -2.14. The van der Waals surface area contributed by atoms with Gasteiger partial charge in [0, 0.05) is 11.5 Å². The topological polar surface area (TPSA) is 25.2 Å². The van der Waals surface area contributed by atoms with Crippen molar-refractivity contribution in [3.05, 3.63) is 71.5 Å². The van der Waals surface area contributed by atoms with Gasteiger partial charge in [0.2, 0.25) is 0 Å². The van der Waals surface area contributed by atoms with Gasteiger partial charge in [-0.25, -0.2) is 8.78 Å². The standard InChI is InChI=1S/C16H13F2NO/c1-19-16(11-6-12(17)9-13(18)7-11)15-8-10-4-2-3-5-14(10)20-15/h2-9,16,19H,1H3. The number of halogens is 2. The number of hydrogen-bond donors (Lipinski definition) is 1. The molecular weight excluding hydrogens is 260 g/mol. The van der Waals surface area contributed by atoms with Gasteiger partial charge >= 0.3 is 0 Å². The molecule has 1 heterocycles. The third-order valence-corrected chi connectivity index (χ3v) is 3.24. The first kappa shape index (κ1) is 12.8. The van der Waals surface area contributed by atoms with Gasteiger partial charge in [-0.1, -0.05) is 18.2 Å². The summed E-state index contributed by atoms with van der Waals surface area (Å²) in [6, 6.07) is 12.5. The van der Waals surface area contributed by atoms with Gasteiger partial charge in [-0.2, -0.15) is 0 Å². The average Bonchev–Trinajstić information content (AvgIpc) is 2.81. The van der Waals surface area contributed by atoms with E-state index in [9.17, 15) is 8.78 Å². The molecule has 0 saturated carbocycles. The lowest BCUT2D eigenvalue weighted by Crippen LogP contribution is -2.17. The van der Waals surface area contributed by atoms with E-state index in [-0.39, 0.29) is 0 Å². The van der Waals surface area contributed by atoms with Gasteiger partial charge in [0.1, 0.15) is 23.0 Å². The van der Waals surface area contributed by atoms with Gasteiger partial charge in [0.25, 0.3) is 0 Å². The van der Waals surface area contributed by atoms with Crippen molar-refractivity contribution in [2.45, 2.75) is 6.04 Å². The van der Waals surface area contributed by atoms with Gasteiger partial charge in [0.05, 0.1) is 6.04 Å². The quantitative estimate of drug-likeness (QED) is 0.779. The Morgan fingerprint density at radius 3 is 2.35 bits per heavy atom. The highest BCUT2D eigenvalue weighted by molar-refractivity contribution is 5.77. The number of benzene rings is 2. The fourth-order valence-corrected chi connectivity index (χ4v) is 2.36. The summed E-state index contributed by atoms with van der Waals surface area (Å²) in [4.78, 5) is 0. The van der Waals surface area contributed by atoms with Gasteiger partial charge in [-0.3, -0.25) is 0 Å². The van der Waals surface area contributed by atoms with Crippen LogP contribution in [-0.4, -0.2) is 7.05 Å². The second kappa shape index (κ2) is 5.06. The van der Waals surface area contributed by atoms with Crippen LogP contribution >= 0.6 is 0 Å². The maximum atomic E-state index is 13.3. The molecule has 0 radical (unpaired) electrons. The first-order chi connectivity index (χ1) is 9.67. The largest absolute Gasteiger partial charge is 0.459 e. The van der Waals surface area contributed by atoms with Gasteiger partial charge in [-0.05, 0) is 36.9 Å². The maximum Gasteiger partial charge on any atom is 0.134 e. The van der Waals surface area contributed by atoms with E-state index in [1.54, 1.807) is 7.05 Å². The molecule has 3 aromatic rings. The zero-order valence-corrected chi connectivity index (χ0v) is 10.9. The molecule has 0 spiro atoms. The Morgan fingerprint density at radius 1 is 1.00 bits per heavy atom. The molecule has 3 rings (SSSR count). The first-order valence-electron chi connectivity index (χ1n) is 6.29. The van der Waals surface area contributed by atoms with E-state index in [1.807, 2.05) is 30.3 Å². The molecule has 102 valence electrons.